The third-order valence-corrected chi connectivity index (χ3v) is 5.39. The number of imide groups is 1. The van der Waals surface area contributed by atoms with Gasteiger partial charge in [-0.15, -0.1) is 0 Å². The number of carbonyl (C=O) groups is 2. The van der Waals surface area contributed by atoms with E-state index in [2.05, 4.69) is 10.3 Å². The van der Waals surface area contributed by atoms with Crippen molar-refractivity contribution in [3.8, 4) is 0 Å². The van der Waals surface area contributed by atoms with E-state index in [1.807, 2.05) is 78.9 Å². The molecule has 2 heterocycles. The van der Waals surface area contributed by atoms with E-state index in [9.17, 15) is 9.59 Å². The fraction of sp³-hybridized carbons (Fsp3) is 0.125. The lowest BCUT2D eigenvalue weighted by atomic mass is 9.83. The number of rotatable bonds is 5. The van der Waals surface area contributed by atoms with Crippen LogP contribution in [0.5, 0.6) is 0 Å². The highest BCUT2D eigenvalue weighted by Crippen LogP contribution is 2.34. The first-order valence-corrected chi connectivity index (χ1v) is 9.74. The topological polar surface area (TPSA) is 75.4 Å². The van der Waals surface area contributed by atoms with E-state index in [4.69, 9.17) is 4.42 Å². The van der Waals surface area contributed by atoms with Gasteiger partial charge in [-0.3, -0.25) is 9.69 Å². The summed E-state index contributed by atoms with van der Waals surface area (Å²) in [5, 5.41) is 2.95. The minimum atomic E-state index is -1.17. The Bertz CT molecular complexity index is 1190. The molecule has 6 nitrogen and oxygen atoms in total. The molecule has 1 fully saturated rings. The van der Waals surface area contributed by atoms with Crippen molar-refractivity contribution in [1.29, 1.82) is 0 Å². The van der Waals surface area contributed by atoms with E-state index in [0.717, 1.165) is 11.1 Å². The van der Waals surface area contributed by atoms with Gasteiger partial charge in [0.1, 0.15) is 12.1 Å². The molecule has 5 rings (SSSR count). The molecule has 1 saturated heterocycles. The van der Waals surface area contributed by atoms with Crippen molar-refractivity contribution in [3.05, 3.63) is 102 Å². The Morgan fingerprint density at radius 1 is 0.867 bits per heavy atom. The van der Waals surface area contributed by atoms with Gasteiger partial charge in [0.2, 0.25) is 5.89 Å². The first kappa shape index (κ1) is 18.1. The summed E-state index contributed by atoms with van der Waals surface area (Å²) in [4.78, 5) is 32.1. The molecule has 0 saturated carbocycles. The Kier molecular flexibility index (Phi) is 4.32. The number of urea groups is 1. The fourth-order valence-corrected chi connectivity index (χ4v) is 3.93. The van der Waals surface area contributed by atoms with E-state index < -0.39 is 11.6 Å². The molecule has 4 aromatic rings. The van der Waals surface area contributed by atoms with Gasteiger partial charge in [-0.1, -0.05) is 72.8 Å². The first-order chi connectivity index (χ1) is 14.7. The third-order valence-electron chi connectivity index (χ3n) is 5.39. The van der Waals surface area contributed by atoms with Crippen LogP contribution in [0.2, 0.25) is 0 Å². The zero-order chi connectivity index (χ0) is 20.6. The van der Waals surface area contributed by atoms with Crippen LogP contribution in [0.25, 0.3) is 11.1 Å². The molecule has 148 valence electrons. The molecule has 3 amide bonds. The molecule has 3 aromatic carbocycles. The molecule has 6 heteroatoms. The number of hydrogen-bond acceptors (Lipinski definition) is 4. The zero-order valence-electron chi connectivity index (χ0n) is 16.1. The van der Waals surface area contributed by atoms with Crippen LogP contribution in [-0.2, 0) is 23.3 Å². The summed E-state index contributed by atoms with van der Waals surface area (Å²) in [7, 11) is 0. The molecular formula is C24H19N3O3. The molecule has 1 unspecified atom stereocenters. The van der Waals surface area contributed by atoms with Crippen molar-refractivity contribution in [3.63, 3.8) is 0 Å². The number of fused-ring (bicyclic) bond motifs is 1. The van der Waals surface area contributed by atoms with Crippen LogP contribution in [0.15, 0.2) is 89.3 Å². The largest absolute Gasteiger partial charge is 0.439 e. The van der Waals surface area contributed by atoms with Crippen LogP contribution in [0.1, 0.15) is 17.0 Å². The lowest BCUT2D eigenvalue weighted by Crippen LogP contribution is -2.46. The Labute approximate surface area is 173 Å². The molecule has 30 heavy (non-hydrogen) atoms. The maximum atomic E-state index is 13.6. The molecule has 0 spiro atoms. The van der Waals surface area contributed by atoms with E-state index in [0.29, 0.717) is 23.4 Å². The van der Waals surface area contributed by atoms with E-state index >= 15 is 0 Å². The minimum Gasteiger partial charge on any atom is -0.439 e. The van der Waals surface area contributed by atoms with E-state index in [1.54, 1.807) is 6.07 Å². The summed E-state index contributed by atoms with van der Waals surface area (Å²) in [5.74, 6) is 0.00748. The lowest BCUT2D eigenvalue weighted by Gasteiger charge is -2.27. The average Bonchev–Trinajstić information content (AvgIpc) is 3.29. The molecule has 1 aliphatic heterocycles. The average molecular weight is 397 g/mol. The molecule has 1 aliphatic rings. The van der Waals surface area contributed by atoms with Crippen LogP contribution in [0.4, 0.5) is 4.79 Å². The Hall–Kier alpha value is -3.93. The van der Waals surface area contributed by atoms with Gasteiger partial charge >= 0.3 is 6.03 Å². The highest BCUT2D eigenvalue weighted by Gasteiger charge is 2.52. The molecular weight excluding hydrogens is 378 g/mol. The number of carbonyl (C=O) groups excluding carboxylic acids is 2. The van der Waals surface area contributed by atoms with Gasteiger partial charge < -0.3 is 9.73 Å². The second-order valence-corrected chi connectivity index (χ2v) is 7.33. The maximum Gasteiger partial charge on any atom is 0.325 e. The van der Waals surface area contributed by atoms with Gasteiger partial charge in [-0.25, -0.2) is 9.78 Å². The van der Waals surface area contributed by atoms with Crippen molar-refractivity contribution in [1.82, 2.24) is 15.2 Å². The molecule has 1 atom stereocenters. The Balaban J connectivity index is 1.52. The van der Waals surface area contributed by atoms with Gasteiger partial charge in [-0.05, 0) is 23.3 Å². The summed E-state index contributed by atoms with van der Waals surface area (Å²) in [5.41, 5.74) is 1.84. The van der Waals surface area contributed by atoms with E-state index in [-0.39, 0.29) is 12.5 Å². The van der Waals surface area contributed by atoms with Gasteiger partial charge in [0, 0.05) is 6.42 Å². The van der Waals surface area contributed by atoms with Crippen LogP contribution in [0.3, 0.4) is 0 Å². The van der Waals surface area contributed by atoms with Crippen LogP contribution >= 0.6 is 0 Å². The third kappa shape index (κ3) is 3.03. The van der Waals surface area contributed by atoms with Crippen LogP contribution in [0, 0.1) is 0 Å². The molecule has 0 bridgehead atoms. The number of para-hydroxylation sites is 2. The first-order valence-electron chi connectivity index (χ1n) is 9.74. The number of hydrogen-bond donors (Lipinski definition) is 1. The van der Waals surface area contributed by atoms with Gasteiger partial charge in [-0.2, -0.15) is 0 Å². The second-order valence-electron chi connectivity index (χ2n) is 7.33. The van der Waals surface area contributed by atoms with Crippen molar-refractivity contribution in [2.45, 2.75) is 18.5 Å². The van der Waals surface area contributed by atoms with Crippen LogP contribution in [-0.4, -0.2) is 21.8 Å². The summed E-state index contributed by atoms with van der Waals surface area (Å²) in [6.07, 6.45) is 0.354. The summed E-state index contributed by atoms with van der Waals surface area (Å²) in [6, 6.07) is 25.9. The Morgan fingerprint density at radius 3 is 2.27 bits per heavy atom. The van der Waals surface area contributed by atoms with Crippen molar-refractivity contribution >= 4 is 23.0 Å². The molecule has 1 N–H and O–H groups in total. The van der Waals surface area contributed by atoms with Crippen LogP contribution < -0.4 is 5.32 Å². The molecule has 0 radical (unpaired) electrons. The van der Waals surface area contributed by atoms with Gasteiger partial charge in [0.25, 0.3) is 5.91 Å². The fourth-order valence-electron chi connectivity index (χ4n) is 3.93. The number of oxazole rings is 1. The predicted molar refractivity (Wildman–Crippen MR) is 111 cm³/mol. The maximum absolute atomic E-state index is 13.6. The summed E-state index contributed by atoms with van der Waals surface area (Å²) in [6.45, 7) is -0.0251. The quantitative estimate of drug-likeness (QED) is 0.516. The van der Waals surface area contributed by atoms with Crippen molar-refractivity contribution < 1.29 is 14.0 Å². The Morgan fingerprint density at radius 2 is 1.53 bits per heavy atom. The number of benzene rings is 3. The lowest BCUT2D eigenvalue weighted by molar-refractivity contribution is -0.132. The second kappa shape index (κ2) is 7.15. The summed E-state index contributed by atoms with van der Waals surface area (Å²) < 4.78 is 5.73. The van der Waals surface area contributed by atoms with Crippen molar-refractivity contribution in [2.75, 3.05) is 0 Å². The number of nitrogens with one attached hydrogen (secondary N) is 1. The normalized spacial score (nSPS) is 18.7. The SMILES string of the molecule is O=C1NC(Cc2ccccc2)(c2ccccc2)C(=O)N1Cc1nc2ccccc2o1. The summed E-state index contributed by atoms with van der Waals surface area (Å²) >= 11 is 0. The number of amides is 3. The number of aromatic nitrogens is 1. The van der Waals surface area contributed by atoms with Gasteiger partial charge in [0.15, 0.2) is 11.1 Å². The van der Waals surface area contributed by atoms with Gasteiger partial charge in [0.05, 0.1) is 0 Å². The highest BCUT2D eigenvalue weighted by molar-refractivity contribution is 6.07. The van der Waals surface area contributed by atoms with E-state index in [1.165, 1.54) is 4.90 Å². The standard InChI is InChI=1S/C24H19N3O3/c28-22-24(18-11-5-2-6-12-18,15-17-9-3-1-4-10-17)26-23(29)27(22)16-21-25-19-13-7-8-14-20(19)30-21/h1-14H,15-16H2,(H,26,29). The molecule has 1 aromatic heterocycles. The smallest absolute Gasteiger partial charge is 0.325 e. The molecule has 0 aliphatic carbocycles. The number of nitrogens with zero attached hydrogens (tertiary/aromatic N) is 2. The van der Waals surface area contributed by atoms with Crippen molar-refractivity contribution in [2.24, 2.45) is 0 Å². The zero-order valence-corrected chi connectivity index (χ0v) is 16.1. The highest BCUT2D eigenvalue weighted by atomic mass is 16.3. The monoisotopic (exact) mass is 397 g/mol. The minimum absolute atomic E-state index is 0.0251. The predicted octanol–water partition coefficient (Wildman–Crippen LogP) is 4.02.